The first-order valence-electron chi connectivity index (χ1n) is 22.0. The van der Waals surface area contributed by atoms with E-state index >= 15 is 0 Å². The highest BCUT2D eigenvalue weighted by Crippen LogP contribution is 2.54. The summed E-state index contributed by atoms with van der Waals surface area (Å²) in [6, 6.07) is 11.2. The van der Waals surface area contributed by atoms with E-state index in [1.807, 2.05) is 12.1 Å². The number of imide groups is 1. The normalized spacial score (nSPS) is 21.4. The van der Waals surface area contributed by atoms with Gasteiger partial charge in [0, 0.05) is 37.3 Å². The van der Waals surface area contributed by atoms with Crippen LogP contribution in [0.2, 0.25) is 0 Å². The molecular weight excluding hydrogens is 834 g/mol. The van der Waals surface area contributed by atoms with Crippen LogP contribution in [0.25, 0.3) is 10.2 Å². The van der Waals surface area contributed by atoms with Crippen LogP contribution in [0.1, 0.15) is 126 Å². The van der Waals surface area contributed by atoms with Gasteiger partial charge < -0.3 is 20.2 Å². The molecule has 63 heavy (non-hydrogen) atoms. The van der Waals surface area contributed by atoms with Gasteiger partial charge in [-0.25, -0.2) is 9.97 Å². The van der Waals surface area contributed by atoms with Crippen molar-refractivity contribution >= 4 is 61.7 Å². The fourth-order valence-corrected chi connectivity index (χ4v) is 11.7. The Kier molecular flexibility index (Phi) is 11.3. The van der Waals surface area contributed by atoms with Crippen molar-refractivity contribution < 1.29 is 42.3 Å². The second-order valence-corrected chi connectivity index (χ2v) is 19.9. The average Bonchev–Trinajstić information content (AvgIpc) is 3.76. The lowest BCUT2D eigenvalue weighted by Gasteiger charge is -2.53. The van der Waals surface area contributed by atoms with Crippen molar-refractivity contribution in [2.24, 2.45) is 17.3 Å². The van der Waals surface area contributed by atoms with Gasteiger partial charge in [0.2, 0.25) is 0 Å². The van der Waals surface area contributed by atoms with Crippen molar-refractivity contribution in [2.75, 3.05) is 42.9 Å². The molecule has 1 unspecified atom stereocenters. The van der Waals surface area contributed by atoms with Gasteiger partial charge in [-0.15, -0.1) is 0 Å². The van der Waals surface area contributed by atoms with Crippen LogP contribution in [0.15, 0.2) is 48.5 Å². The molecule has 0 radical (unpaired) electrons. The van der Waals surface area contributed by atoms with Gasteiger partial charge in [0.1, 0.15) is 17.2 Å². The van der Waals surface area contributed by atoms with E-state index in [-0.39, 0.29) is 42.2 Å². The van der Waals surface area contributed by atoms with Crippen LogP contribution in [0, 0.1) is 17.3 Å². The molecule has 1 atom stereocenters. The zero-order valence-corrected chi connectivity index (χ0v) is 36.2. The molecule has 2 saturated heterocycles. The lowest BCUT2D eigenvalue weighted by molar-refractivity contribution is -0.141. The van der Waals surface area contributed by atoms with Crippen molar-refractivity contribution in [2.45, 2.75) is 102 Å². The number of aliphatic hydroxyl groups is 1. The summed E-state index contributed by atoms with van der Waals surface area (Å²) in [6.45, 7) is 8.10. The van der Waals surface area contributed by atoms with Crippen LogP contribution in [0.4, 0.5) is 24.0 Å². The predicted molar refractivity (Wildman–Crippen MR) is 231 cm³/mol. The molecule has 4 fully saturated rings. The molecule has 9 rings (SSSR count). The lowest BCUT2D eigenvalue weighted by Crippen LogP contribution is -2.49. The highest BCUT2D eigenvalue weighted by atomic mass is 32.1. The van der Waals surface area contributed by atoms with Crippen molar-refractivity contribution in [1.29, 1.82) is 0 Å². The molecule has 3 amide bonds. The van der Waals surface area contributed by atoms with E-state index in [0.29, 0.717) is 45.9 Å². The maximum absolute atomic E-state index is 13.6. The zero-order valence-electron chi connectivity index (χ0n) is 35.4. The first-order valence-corrected chi connectivity index (χ1v) is 22.8. The van der Waals surface area contributed by atoms with Gasteiger partial charge in [0.15, 0.2) is 10.9 Å². The van der Waals surface area contributed by atoms with Gasteiger partial charge in [0.05, 0.1) is 39.4 Å². The second kappa shape index (κ2) is 16.5. The molecule has 0 bridgehead atoms. The Balaban J connectivity index is 0.748. The molecule has 2 saturated carbocycles. The molecule has 332 valence electrons. The number of Topliss-reactive ketones (excluding diaryl/α,β-unsaturated/α-hetero) is 2. The van der Waals surface area contributed by atoms with Crippen molar-refractivity contribution in [3.05, 3.63) is 82.2 Å². The number of carbonyl (C=O) groups excluding carboxylic acids is 5. The van der Waals surface area contributed by atoms with Gasteiger partial charge in [-0.2, -0.15) is 13.2 Å². The number of nitrogens with one attached hydrogen (secondary N) is 1. The van der Waals surface area contributed by atoms with Crippen LogP contribution in [-0.4, -0.2) is 92.9 Å². The van der Waals surface area contributed by atoms with E-state index in [2.05, 4.69) is 20.1 Å². The third kappa shape index (κ3) is 8.65. The number of aromatic nitrogens is 2. The Morgan fingerprint density at radius 2 is 1.65 bits per heavy atom. The Morgan fingerprint density at radius 3 is 2.35 bits per heavy atom. The van der Waals surface area contributed by atoms with Crippen molar-refractivity contribution in [1.82, 2.24) is 19.8 Å². The van der Waals surface area contributed by atoms with Crippen LogP contribution in [0.3, 0.4) is 0 Å². The summed E-state index contributed by atoms with van der Waals surface area (Å²) in [5, 5.41) is 14.5. The number of hydrogen-bond donors (Lipinski definition) is 2. The van der Waals surface area contributed by atoms with Crippen molar-refractivity contribution in [3.63, 3.8) is 0 Å². The molecule has 5 aliphatic rings. The summed E-state index contributed by atoms with van der Waals surface area (Å²) in [5.41, 5.74) is 0.449. The number of ketones is 2. The number of halogens is 3. The van der Waals surface area contributed by atoms with Gasteiger partial charge in [-0.3, -0.25) is 28.9 Å². The van der Waals surface area contributed by atoms with Gasteiger partial charge in [-0.05, 0) is 138 Å². The maximum atomic E-state index is 13.6. The summed E-state index contributed by atoms with van der Waals surface area (Å²) < 4.78 is 40.6. The van der Waals surface area contributed by atoms with E-state index in [9.17, 15) is 42.3 Å². The minimum absolute atomic E-state index is 0.143. The van der Waals surface area contributed by atoms with Gasteiger partial charge in [0.25, 0.3) is 17.7 Å². The minimum Gasteiger partial charge on any atom is -0.386 e. The monoisotopic (exact) mass is 884 g/mol. The Bertz CT molecular complexity index is 2490. The number of carbonyl (C=O) groups is 5. The van der Waals surface area contributed by atoms with Crippen LogP contribution >= 0.6 is 11.3 Å². The zero-order chi connectivity index (χ0) is 44.4. The van der Waals surface area contributed by atoms with E-state index in [1.54, 1.807) is 32.0 Å². The molecule has 5 heterocycles. The third-order valence-corrected chi connectivity index (χ3v) is 15.1. The van der Waals surface area contributed by atoms with Crippen molar-refractivity contribution in [3.8, 4) is 0 Å². The number of fused-ring (bicyclic) bond motifs is 2. The Morgan fingerprint density at radius 1 is 0.921 bits per heavy atom. The summed E-state index contributed by atoms with van der Waals surface area (Å²) in [4.78, 5) is 78.8. The van der Waals surface area contributed by atoms with Crippen LogP contribution in [0.5, 0.6) is 0 Å². The topological polar surface area (TPSA) is 153 Å². The number of hydrogen-bond acceptors (Lipinski definition) is 11. The quantitative estimate of drug-likeness (QED) is 0.119. The fourth-order valence-electron chi connectivity index (χ4n) is 10.6. The molecule has 2 aromatic heterocycles. The number of benzene rings is 2. The predicted octanol–water partition coefficient (Wildman–Crippen LogP) is 7.82. The highest BCUT2D eigenvalue weighted by molar-refractivity contribution is 7.22. The molecule has 2 aromatic carbocycles. The molecule has 2 aliphatic carbocycles. The van der Waals surface area contributed by atoms with Crippen LogP contribution in [-0.2, 0) is 27.8 Å². The first-order chi connectivity index (χ1) is 29.9. The largest absolute Gasteiger partial charge is 0.433 e. The Labute approximate surface area is 367 Å². The number of anilines is 2. The third-order valence-electron chi connectivity index (χ3n) is 14.1. The van der Waals surface area contributed by atoms with E-state index < -0.39 is 41.2 Å². The maximum Gasteiger partial charge on any atom is 0.433 e. The number of pyridine rings is 1. The second-order valence-electron chi connectivity index (χ2n) is 18.9. The van der Waals surface area contributed by atoms with Gasteiger partial charge >= 0.3 is 6.18 Å². The number of alkyl halides is 3. The molecule has 16 heteroatoms. The first kappa shape index (κ1) is 43.2. The number of likely N-dealkylation sites (tertiary alicyclic amines) is 1. The number of amides is 3. The summed E-state index contributed by atoms with van der Waals surface area (Å²) in [6.07, 6.45) is 3.93. The SMILES string of the molecule is CC(C)(O)c1cc2nc(N3CCC(CN4CCC5(CC4)CC(CCc4cccc6c4C(=O)N(C4CCC(=O)CC4=O)C6=O)C5)CC3)sc2cc1NC(=O)c1cccc(C(F)(F)F)n1. The summed E-state index contributed by atoms with van der Waals surface area (Å²) in [5.74, 6) is -0.997. The van der Waals surface area contributed by atoms with E-state index in [0.717, 1.165) is 84.4 Å². The molecular formula is C47H51F3N6O6S. The fraction of sp³-hybridized carbons (Fsp3) is 0.511. The Hall–Kier alpha value is -5.06. The molecule has 12 nitrogen and oxygen atoms in total. The number of rotatable bonds is 10. The average molecular weight is 885 g/mol. The number of aryl methyl sites for hydroxylation is 1. The highest BCUT2D eigenvalue weighted by Gasteiger charge is 2.47. The van der Waals surface area contributed by atoms with E-state index in [4.69, 9.17) is 4.98 Å². The molecule has 4 aromatic rings. The molecule has 2 N–H and O–H groups in total. The number of nitrogens with zero attached hydrogens (tertiary/aromatic N) is 5. The molecule has 3 aliphatic heterocycles. The molecule has 1 spiro atoms. The standard InChI is InChI=1S/C47H51F3N6O6S/c1-45(2,62)32-22-35-38(23-34(32)52-41(59)33-7-4-8-39(51-33)47(48,49)50)63-44(53-35)55-17-13-27(14-18-55)26-54-19-15-46(16-20-54)24-28(25-46)9-10-29-5-3-6-31-40(29)43(61)56(42(31)60)36-12-11-30(57)21-37(36)58/h3-8,22-23,27-28,36,62H,9-21,24-26H2,1-2H3,(H,52,59). The van der Waals surface area contributed by atoms with Gasteiger partial charge in [-0.1, -0.05) is 29.5 Å². The van der Waals surface area contributed by atoms with Crippen LogP contribution < -0.4 is 10.2 Å². The smallest absolute Gasteiger partial charge is 0.386 e. The summed E-state index contributed by atoms with van der Waals surface area (Å²) >= 11 is 1.48. The number of piperidine rings is 2. The van der Waals surface area contributed by atoms with E-state index in [1.165, 1.54) is 43.1 Å². The summed E-state index contributed by atoms with van der Waals surface area (Å²) in [7, 11) is 0. The lowest BCUT2D eigenvalue weighted by atomic mass is 9.56. The minimum atomic E-state index is -4.69. The number of thiazole rings is 1.